The van der Waals surface area contributed by atoms with Gasteiger partial charge in [-0.2, -0.15) is 0 Å². The molecule has 0 radical (unpaired) electrons. The average Bonchev–Trinajstić information content (AvgIpc) is 2.38. The van der Waals surface area contributed by atoms with Gasteiger partial charge in [0.15, 0.2) is 0 Å². The maximum atomic E-state index is 12.0. The molecule has 22 heavy (non-hydrogen) atoms. The Morgan fingerprint density at radius 2 is 2.05 bits per heavy atom. The highest BCUT2D eigenvalue weighted by Gasteiger charge is 2.34. The van der Waals surface area contributed by atoms with E-state index in [9.17, 15) is 9.90 Å². The molecule has 3 atom stereocenters. The van der Waals surface area contributed by atoms with Crippen LogP contribution in [0.2, 0.25) is 0 Å². The first-order chi connectivity index (χ1) is 10.2. The van der Waals surface area contributed by atoms with Gasteiger partial charge < -0.3 is 24.8 Å². The molecule has 0 heterocycles. The van der Waals surface area contributed by atoms with Gasteiger partial charge in [0.25, 0.3) is 0 Å². The highest BCUT2D eigenvalue weighted by Crippen LogP contribution is 2.23. The second-order valence-corrected chi connectivity index (χ2v) is 7.11. The van der Waals surface area contributed by atoms with E-state index in [4.69, 9.17) is 9.47 Å². The smallest absolute Gasteiger partial charge is 0.407 e. The molecule has 1 aliphatic rings. The summed E-state index contributed by atoms with van der Waals surface area (Å²) in [6.45, 7) is 7.14. The molecule has 1 rings (SSSR count). The zero-order chi connectivity index (χ0) is 16.8. The van der Waals surface area contributed by atoms with Gasteiger partial charge in [-0.25, -0.2) is 4.79 Å². The monoisotopic (exact) mass is 316 g/mol. The molecule has 0 aliphatic heterocycles. The Balaban J connectivity index is 2.58. The van der Waals surface area contributed by atoms with Gasteiger partial charge in [-0.3, -0.25) is 0 Å². The molecule has 0 spiro atoms. The lowest BCUT2D eigenvalue weighted by molar-refractivity contribution is 0.0272. The summed E-state index contributed by atoms with van der Waals surface area (Å²) in [5.41, 5.74) is -0.502. The van der Waals surface area contributed by atoms with Crippen molar-refractivity contribution >= 4 is 6.09 Å². The van der Waals surface area contributed by atoms with Gasteiger partial charge in [0.2, 0.25) is 0 Å². The van der Waals surface area contributed by atoms with Crippen LogP contribution in [0.3, 0.4) is 0 Å². The predicted octanol–water partition coefficient (Wildman–Crippen LogP) is 1.76. The maximum absolute atomic E-state index is 12.0. The van der Waals surface area contributed by atoms with E-state index in [0.29, 0.717) is 19.4 Å². The Labute approximate surface area is 134 Å². The molecule has 1 amide bonds. The van der Waals surface area contributed by atoms with Crippen LogP contribution >= 0.6 is 0 Å². The van der Waals surface area contributed by atoms with E-state index in [2.05, 4.69) is 10.2 Å². The fourth-order valence-corrected chi connectivity index (χ4v) is 2.86. The molecular weight excluding hydrogens is 284 g/mol. The van der Waals surface area contributed by atoms with E-state index >= 15 is 0 Å². The van der Waals surface area contributed by atoms with Gasteiger partial charge in [0.1, 0.15) is 5.60 Å². The zero-order valence-electron chi connectivity index (χ0n) is 14.6. The lowest BCUT2D eigenvalue weighted by atomic mass is 9.87. The molecule has 6 nitrogen and oxygen atoms in total. The van der Waals surface area contributed by atoms with E-state index in [1.807, 2.05) is 27.8 Å². The Morgan fingerprint density at radius 3 is 2.64 bits per heavy atom. The van der Waals surface area contributed by atoms with E-state index < -0.39 is 5.60 Å². The fourth-order valence-electron chi connectivity index (χ4n) is 2.86. The molecule has 2 N–H and O–H groups in total. The predicted molar refractivity (Wildman–Crippen MR) is 85.9 cm³/mol. The van der Waals surface area contributed by atoms with Crippen molar-refractivity contribution in [2.24, 2.45) is 0 Å². The molecule has 130 valence electrons. The Hall–Kier alpha value is -0.850. The number of rotatable bonds is 6. The van der Waals surface area contributed by atoms with Crippen LogP contribution in [-0.4, -0.2) is 67.2 Å². The molecule has 0 aromatic carbocycles. The van der Waals surface area contributed by atoms with Crippen LogP contribution in [0.1, 0.15) is 46.5 Å². The van der Waals surface area contributed by atoms with Crippen LogP contribution in [0.5, 0.6) is 0 Å². The van der Waals surface area contributed by atoms with Crippen molar-refractivity contribution in [3.63, 3.8) is 0 Å². The number of aliphatic hydroxyl groups is 1. The van der Waals surface area contributed by atoms with Crippen LogP contribution in [0, 0.1) is 0 Å². The summed E-state index contributed by atoms with van der Waals surface area (Å²) in [5.74, 6) is 0. The Bertz CT molecular complexity index is 344. The number of alkyl carbamates (subject to hydrolysis) is 1. The lowest BCUT2D eigenvalue weighted by Gasteiger charge is -2.40. The van der Waals surface area contributed by atoms with E-state index in [1.165, 1.54) is 0 Å². The lowest BCUT2D eigenvalue weighted by Crippen LogP contribution is -2.55. The molecule has 0 saturated heterocycles. The van der Waals surface area contributed by atoms with Crippen LogP contribution in [0.15, 0.2) is 0 Å². The molecule has 0 bridgehead atoms. The second kappa shape index (κ2) is 8.70. The first kappa shape index (κ1) is 19.2. The highest BCUT2D eigenvalue weighted by atomic mass is 16.6. The molecular formula is C16H32N2O4. The van der Waals surface area contributed by atoms with Crippen LogP contribution < -0.4 is 5.32 Å². The third kappa shape index (κ3) is 6.94. The molecule has 6 heteroatoms. The number of aliphatic hydroxyl groups excluding tert-OH is 1. The number of ether oxygens (including phenoxy) is 2. The minimum Gasteiger partial charge on any atom is -0.444 e. The van der Waals surface area contributed by atoms with E-state index in [1.54, 1.807) is 7.11 Å². The van der Waals surface area contributed by atoms with Crippen molar-refractivity contribution in [1.29, 1.82) is 0 Å². The third-order valence-corrected chi connectivity index (χ3v) is 3.92. The van der Waals surface area contributed by atoms with Gasteiger partial charge >= 0.3 is 6.09 Å². The van der Waals surface area contributed by atoms with Gasteiger partial charge in [-0.1, -0.05) is 0 Å². The van der Waals surface area contributed by atoms with Crippen molar-refractivity contribution < 1.29 is 19.4 Å². The SMILES string of the molecule is COCCCN(C)C1CC(O)CCC1NC(=O)OC(C)(C)C. The molecule has 1 aliphatic carbocycles. The van der Waals surface area contributed by atoms with Gasteiger partial charge in [-0.05, 0) is 53.5 Å². The number of likely N-dealkylation sites (N-methyl/N-ethyl adjacent to an activating group) is 1. The molecule has 1 saturated carbocycles. The van der Waals surface area contributed by atoms with Gasteiger partial charge in [0, 0.05) is 32.3 Å². The first-order valence-electron chi connectivity index (χ1n) is 8.09. The fraction of sp³-hybridized carbons (Fsp3) is 0.938. The van der Waals surface area contributed by atoms with Crippen LogP contribution in [0.4, 0.5) is 4.79 Å². The number of methoxy groups -OCH3 is 1. The normalized spacial score (nSPS) is 26.0. The van der Waals surface area contributed by atoms with E-state index in [-0.39, 0.29) is 24.3 Å². The second-order valence-electron chi connectivity index (χ2n) is 7.11. The summed E-state index contributed by atoms with van der Waals surface area (Å²) in [5, 5.41) is 12.9. The quantitative estimate of drug-likeness (QED) is 0.731. The number of carbonyl (C=O) groups is 1. The summed E-state index contributed by atoms with van der Waals surface area (Å²) < 4.78 is 10.4. The zero-order valence-corrected chi connectivity index (χ0v) is 14.6. The van der Waals surface area contributed by atoms with Crippen molar-refractivity contribution in [2.75, 3.05) is 27.3 Å². The van der Waals surface area contributed by atoms with Crippen molar-refractivity contribution in [2.45, 2.75) is 70.2 Å². The largest absolute Gasteiger partial charge is 0.444 e. The van der Waals surface area contributed by atoms with Crippen molar-refractivity contribution in [3.05, 3.63) is 0 Å². The summed E-state index contributed by atoms with van der Waals surface area (Å²) in [6.07, 6.45) is 2.39. The number of amides is 1. The van der Waals surface area contributed by atoms with Crippen LogP contribution in [0.25, 0.3) is 0 Å². The molecule has 1 fully saturated rings. The number of nitrogens with one attached hydrogen (secondary N) is 1. The summed E-state index contributed by atoms with van der Waals surface area (Å²) in [7, 11) is 3.72. The van der Waals surface area contributed by atoms with Crippen molar-refractivity contribution in [3.8, 4) is 0 Å². The standard InChI is InChI=1S/C16H32N2O4/c1-16(2,3)22-15(20)17-13-8-7-12(19)11-14(13)18(4)9-6-10-21-5/h12-14,19H,6-11H2,1-5H3,(H,17,20). The maximum Gasteiger partial charge on any atom is 0.407 e. The number of hydrogen-bond donors (Lipinski definition) is 2. The molecule has 3 unspecified atom stereocenters. The van der Waals surface area contributed by atoms with Gasteiger partial charge in [-0.15, -0.1) is 0 Å². The first-order valence-corrected chi connectivity index (χ1v) is 8.09. The van der Waals surface area contributed by atoms with Gasteiger partial charge in [0.05, 0.1) is 6.10 Å². The minimum atomic E-state index is -0.502. The third-order valence-electron chi connectivity index (χ3n) is 3.92. The molecule has 0 aromatic heterocycles. The summed E-state index contributed by atoms with van der Waals surface area (Å²) >= 11 is 0. The van der Waals surface area contributed by atoms with E-state index in [0.717, 1.165) is 19.4 Å². The minimum absolute atomic E-state index is 0.00537. The number of carbonyl (C=O) groups excluding carboxylic acids is 1. The van der Waals surface area contributed by atoms with Crippen LogP contribution in [-0.2, 0) is 9.47 Å². The summed E-state index contributed by atoms with van der Waals surface area (Å²) in [4.78, 5) is 14.2. The topological polar surface area (TPSA) is 71.0 Å². The average molecular weight is 316 g/mol. The highest BCUT2D eigenvalue weighted by molar-refractivity contribution is 5.68. The number of hydrogen-bond acceptors (Lipinski definition) is 5. The Kier molecular flexibility index (Phi) is 7.59. The van der Waals surface area contributed by atoms with Crippen molar-refractivity contribution in [1.82, 2.24) is 10.2 Å². The molecule has 0 aromatic rings. The number of nitrogens with zero attached hydrogens (tertiary/aromatic N) is 1. The Morgan fingerprint density at radius 1 is 1.36 bits per heavy atom. The summed E-state index contributed by atoms with van der Waals surface area (Å²) in [6, 6.07) is 0.124.